The molecule has 0 aliphatic carbocycles. The van der Waals surface area contributed by atoms with E-state index in [0.717, 1.165) is 36.3 Å². The number of benzene rings is 3. The lowest BCUT2D eigenvalue weighted by Gasteiger charge is -2.13. The van der Waals surface area contributed by atoms with Gasteiger partial charge in [0.15, 0.2) is 6.10 Å². The Balaban J connectivity index is 1.14. The predicted molar refractivity (Wildman–Crippen MR) is 139 cm³/mol. The summed E-state index contributed by atoms with van der Waals surface area (Å²) in [5.41, 5.74) is 3.27. The average Bonchev–Trinajstić information content (AvgIpc) is 3.61. The van der Waals surface area contributed by atoms with Crippen LogP contribution in [0.2, 0.25) is 0 Å². The van der Waals surface area contributed by atoms with Crippen molar-refractivity contribution in [2.24, 2.45) is 0 Å². The molecule has 5 rings (SSSR count). The first kappa shape index (κ1) is 24.5. The van der Waals surface area contributed by atoms with Gasteiger partial charge in [0.1, 0.15) is 5.75 Å². The largest absolute Gasteiger partial charge is 0.480 e. The molecule has 0 aromatic heterocycles. The lowest BCUT2D eigenvalue weighted by Crippen LogP contribution is -2.32. The van der Waals surface area contributed by atoms with Crippen molar-refractivity contribution in [3.05, 3.63) is 95.1 Å². The predicted octanol–water partition coefficient (Wildman–Crippen LogP) is 3.47. The van der Waals surface area contributed by atoms with Gasteiger partial charge in [-0.3, -0.25) is 14.4 Å². The smallest absolute Gasteiger partial charge is 0.265 e. The molecule has 0 bridgehead atoms. The summed E-state index contributed by atoms with van der Waals surface area (Å²) in [6.07, 6.45) is 1.96. The van der Waals surface area contributed by atoms with Gasteiger partial charge in [-0.05, 0) is 60.4 Å². The van der Waals surface area contributed by atoms with Gasteiger partial charge >= 0.3 is 0 Å². The Morgan fingerprint density at radius 3 is 2.46 bits per heavy atom. The molecule has 2 aliphatic heterocycles. The van der Waals surface area contributed by atoms with Crippen LogP contribution in [0, 0.1) is 0 Å². The van der Waals surface area contributed by atoms with E-state index in [2.05, 4.69) is 16.0 Å². The standard InChI is InChI=1S/C29H29N3O5/c33-27(31-18-24-11-5-13-36-24)21-8-3-6-19(14-21)17-30-28(34)22-9-4-10-23(15-22)32-29(35)26-16-20-7-1-2-12-25(20)37-26/h1-4,6-10,12,14-15,24,26H,5,11,13,16-18H2,(H,30,34)(H,31,33)(H,32,35). The zero-order chi connectivity index (χ0) is 25.6. The summed E-state index contributed by atoms with van der Waals surface area (Å²) in [5.74, 6) is 0.0128. The Morgan fingerprint density at radius 1 is 0.865 bits per heavy atom. The first-order valence-electron chi connectivity index (χ1n) is 12.5. The molecule has 2 atom stereocenters. The van der Waals surface area contributed by atoms with E-state index in [9.17, 15) is 14.4 Å². The molecule has 3 N–H and O–H groups in total. The number of hydrogen-bond donors (Lipinski definition) is 3. The summed E-state index contributed by atoms with van der Waals surface area (Å²) < 4.78 is 11.3. The van der Waals surface area contributed by atoms with Gasteiger partial charge in [0, 0.05) is 42.9 Å². The molecule has 3 aromatic rings. The minimum Gasteiger partial charge on any atom is -0.480 e. The van der Waals surface area contributed by atoms with Gasteiger partial charge in [0.2, 0.25) is 0 Å². The Morgan fingerprint density at radius 2 is 1.65 bits per heavy atom. The first-order chi connectivity index (χ1) is 18.0. The van der Waals surface area contributed by atoms with Crippen LogP contribution in [-0.2, 0) is 22.5 Å². The van der Waals surface area contributed by atoms with E-state index in [4.69, 9.17) is 9.47 Å². The molecule has 0 radical (unpaired) electrons. The van der Waals surface area contributed by atoms with Crippen LogP contribution in [-0.4, -0.2) is 43.1 Å². The summed E-state index contributed by atoms with van der Waals surface area (Å²) >= 11 is 0. The zero-order valence-corrected chi connectivity index (χ0v) is 20.4. The van der Waals surface area contributed by atoms with Crippen molar-refractivity contribution in [3.8, 4) is 5.75 Å². The van der Waals surface area contributed by atoms with Crippen LogP contribution in [0.4, 0.5) is 5.69 Å². The van der Waals surface area contributed by atoms with E-state index < -0.39 is 6.10 Å². The fraction of sp³-hybridized carbons (Fsp3) is 0.276. The first-order valence-corrected chi connectivity index (χ1v) is 12.5. The van der Waals surface area contributed by atoms with Crippen molar-refractivity contribution >= 4 is 23.4 Å². The van der Waals surface area contributed by atoms with Gasteiger partial charge in [0.05, 0.1) is 6.10 Å². The monoisotopic (exact) mass is 499 g/mol. The van der Waals surface area contributed by atoms with Gasteiger partial charge in [-0.25, -0.2) is 0 Å². The zero-order valence-electron chi connectivity index (χ0n) is 20.4. The summed E-state index contributed by atoms with van der Waals surface area (Å²) in [7, 11) is 0. The van der Waals surface area contributed by atoms with E-state index in [1.165, 1.54) is 0 Å². The molecule has 2 heterocycles. The highest BCUT2D eigenvalue weighted by molar-refractivity contribution is 5.98. The van der Waals surface area contributed by atoms with E-state index in [1.807, 2.05) is 30.3 Å². The van der Waals surface area contributed by atoms with E-state index in [0.29, 0.717) is 29.8 Å². The van der Waals surface area contributed by atoms with Crippen LogP contribution in [0.1, 0.15) is 44.7 Å². The molecular formula is C29H29N3O5. The molecule has 3 amide bonds. The Kier molecular flexibility index (Phi) is 7.46. The molecule has 2 aliphatic rings. The Hall–Kier alpha value is -4.17. The molecule has 0 saturated carbocycles. The van der Waals surface area contributed by atoms with E-state index in [1.54, 1.807) is 42.5 Å². The molecule has 1 saturated heterocycles. The van der Waals surface area contributed by atoms with Crippen molar-refractivity contribution < 1.29 is 23.9 Å². The molecule has 3 aromatic carbocycles. The van der Waals surface area contributed by atoms with E-state index in [-0.39, 0.29) is 30.4 Å². The second kappa shape index (κ2) is 11.3. The summed E-state index contributed by atoms with van der Waals surface area (Å²) in [5, 5.41) is 8.63. The Labute approximate surface area is 215 Å². The number of fused-ring (bicyclic) bond motifs is 1. The maximum atomic E-state index is 12.8. The second-order valence-electron chi connectivity index (χ2n) is 9.22. The fourth-order valence-corrected chi connectivity index (χ4v) is 4.51. The highest BCUT2D eigenvalue weighted by Crippen LogP contribution is 2.28. The number of carbonyl (C=O) groups is 3. The SMILES string of the molecule is O=C(NCc1cccc(C(=O)NCC2CCCO2)c1)c1cccc(NC(=O)C2Cc3ccccc3O2)c1. The highest BCUT2D eigenvalue weighted by Gasteiger charge is 2.28. The van der Waals surface area contributed by atoms with Gasteiger partial charge in [0.25, 0.3) is 17.7 Å². The van der Waals surface area contributed by atoms with Crippen LogP contribution < -0.4 is 20.7 Å². The number of anilines is 1. The molecular weight excluding hydrogens is 470 g/mol. The quantitative estimate of drug-likeness (QED) is 0.440. The van der Waals surface area contributed by atoms with Gasteiger partial charge < -0.3 is 25.4 Å². The van der Waals surface area contributed by atoms with E-state index >= 15 is 0 Å². The van der Waals surface area contributed by atoms with Crippen molar-refractivity contribution in [3.63, 3.8) is 0 Å². The lowest BCUT2D eigenvalue weighted by molar-refractivity contribution is -0.122. The molecule has 37 heavy (non-hydrogen) atoms. The summed E-state index contributed by atoms with van der Waals surface area (Å²) in [4.78, 5) is 38.0. The molecule has 190 valence electrons. The number of ether oxygens (including phenoxy) is 2. The molecule has 8 heteroatoms. The fourth-order valence-electron chi connectivity index (χ4n) is 4.51. The van der Waals surface area contributed by atoms with Crippen LogP contribution >= 0.6 is 0 Å². The molecule has 2 unspecified atom stereocenters. The molecule has 8 nitrogen and oxygen atoms in total. The van der Waals surface area contributed by atoms with Crippen LogP contribution in [0.3, 0.4) is 0 Å². The third kappa shape index (κ3) is 6.16. The normalized spacial score (nSPS) is 17.9. The molecule has 0 spiro atoms. The van der Waals surface area contributed by atoms with Crippen LogP contribution in [0.5, 0.6) is 5.75 Å². The third-order valence-corrected chi connectivity index (χ3v) is 6.49. The number of rotatable bonds is 8. The van der Waals surface area contributed by atoms with Crippen molar-refractivity contribution in [1.29, 1.82) is 0 Å². The number of carbonyl (C=O) groups excluding carboxylic acids is 3. The highest BCUT2D eigenvalue weighted by atomic mass is 16.5. The van der Waals surface area contributed by atoms with Gasteiger partial charge in [-0.1, -0.05) is 36.4 Å². The summed E-state index contributed by atoms with van der Waals surface area (Å²) in [6, 6.07) is 21.5. The van der Waals surface area contributed by atoms with Gasteiger partial charge in [-0.15, -0.1) is 0 Å². The summed E-state index contributed by atoms with van der Waals surface area (Å²) in [6.45, 7) is 1.50. The van der Waals surface area contributed by atoms with Gasteiger partial charge in [-0.2, -0.15) is 0 Å². The molecule has 1 fully saturated rings. The minimum atomic E-state index is -0.606. The number of nitrogens with one attached hydrogen (secondary N) is 3. The second-order valence-corrected chi connectivity index (χ2v) is 9.22. The third-order valence-electron chi connectivity index (χ3n) is 6.49. The maximum Gasteiger partial charge on any atom is 0.265 e. The van der Waals surface area contributed by atoms with Crippen molar-refractivity contribution in [2.45, 2.75) is 38.0 Å². The number of para-hydroxylation sites is 1. The lowest BCUT2D eigenvalue weighted by atomic mass is 10.1. The van der Waals surface area contributed by atoms with Crippen molar-refractivity contribution in [1.82, 2.24) is 10.6 Å². The Bertz CT molecular complexity index is 1280. The minimum absolute atomic E-state index is 0.0777. The topological polar surface area (TPSA) is 106 Å². The van der Waals surface area contributed by atoms with Crippen LogP contribution in [0.15, 0.2) is 72.8 Å². The maximum absolute atomic E-state index is 12.8. The van der Waals surface area contributed by atoms with Crippen LogP contribution in [0.25, 0.3) is 0 Å². The average molecular weight is 500 g/mol. The van der Waals surface area contributed by atoms with Crippen molar-refractivity contribution in [2.75, 3.05) is 18.5 Å². The number of amides is 3. The number of hydrogen-bond acceptors (Lipinski definition) is 5.